The predicted molar refractivity (Wildman–Crippen MR) is 101 cm³/mol. The molecule has 1 aliphatic heterocycles. The van der Waals surface area contributed by atoms with Crippen molar-refractivity contribution in [2.24, 2.45) is 11.5 Å². The zero-order valence-corrected chi connectivity index (χ0v) is 15.3. The van der Waals surface area contributed by atoms with Gasteiger partial charge in [0.15, 0.2) is 23.0 Å². The number of ether oxygens (including phenoxy) is 3. The fraction of sp³-hybridized carbons (Fsp3) is 0.200. The summed E-state index contributed by atoms with van der Waals surface area (Å²) in [5.41, 5.74) is 12.6. The van der Waals surface area contributed by atoms with Crippen LogP contribution in [0.5, 0.6) is 23.0 Å². The van der Waals surface area contributed by atoms with E-state index in [0.717, 1.165) is 0 Å². The van der Waals surface area contributed by atoms with Gasteiger partial charge in [0.25, 0.3) is 0 Å². The number of phenols is 1. The molecule has 2 unspecified atom stereocenters. The number of hydrogen-bond acceptors (Lipinski definition) is 6. The lowest BCUT2D eigenvalue weighted by atomic mass is 9.89. The molecule has 0 radical (unpaired) electrons. The molecular formula is C20H20N2O6. The van der Waals surface area contributed by atoms with Gasteiger partial charge in [0.2, 0.25) is 11.8 Å². The molecule has 2 amide bonds. The second-order valence-electron chi connectivity index (χ2n) is 6.23. The average molecular weight is 384 g/mol. The number of methoxy groups -OCH3 is 2. The van der Waals surface area contributed by atoms with Crippen LogP contribution in [-0.4, -0.2) is 31.1 Å². The van der Waals surface area contributed by atoms with E-state index in [1.165, 1.54) is 32.4 Å². The monoisotopic (exact) mass is 384 g/mol. The molecule has 1 heterocycles. The molecular weight excluding hydrogens is 364 g/mol. The Hall–Kier alpha value is -3.68. The number of amides is 2. The number of nitrogens with two attached hydrogens (primary N) is 2. The van der Waals surface area contributed by atoms with Crippen LogP contribution < -0.4 is 25.7 Å². The molecule has 1 aliphatic rings. The maximum atomic E-state index is 12.3. The third kappa shape index (κ3) is 3.44. The lowest BCUT2D eigenvalue weighted by Gasteiger charge is -2.18. The van der Waals surface area contributed by atoms with Crippen LogP contribution in [-0.2, 0) is 9.59 Å². The lowest BCUT2D eigenvalue weighted by molar-refractivity contribution is -0.120. The van der Waals surface area contributed by atoms with Gasteiger partial charge in [0, 0.05) is 11.6 Å². The molecule has 5 N–H and O–H groups in total. The van der Waals surface area contributed by atoms with Crippen molar-refractivity contribution in [2.45, 2.75) is 12.0 Å². The number of aromatic hydroxyl groups is 1. The summed E-state index contributed by atoms with van der Waals surface area (Å²) in [7, 11) is 2.89. The third-order valence-electron chi connectivity index (χ3n) is 4.49. The Morgan fingerprint density at radius 2 is 1.82 bits per heavy atom. The Morgan fingerprint density at radius 1 is 1.11 bits per heavy atom. The summed E-state index contributed by atoms with van der Waals surface area (Å²) in [4.78, 5) is 23.3. The van der Waals surface area contributed by atoms with Gasteiger partial charge in [-0.1, -0.05) is 6.07 Å². The molecule has 0 aromatic heterocycles. The Morgan fingerprint density at radius 3 is 2.43 bits per heavy atom. The van der Waals surface area contributed by atoms with Gasteiger partial charge in [0.1, 0.15) is 12.0 Å². The van der Waals surface area contributed by atoms with Crippen molar-refractivity contribution in [3.05, 3.63) is 53.1 Å². The van der Waals surface area contributed by atoms with Crippen LogP contribution in [0.25, 0.3) is 6.08 Å². The van der Waals surface area contributed by atoms with E-state index >= 15 is 0 Å². The molecule has 0 saturated heterocycles. The summed E-state index contributed by atoms with van der Waals surface area (Å²) in [5, 5.41) is 9.83. The minimum atomic E-state index is -0.805. The molecule has 2 atom stereocenters. The van der Waals surface area contributed by atoms with Crippen LogP contribution in [0.2, 0.25) is 0 Å². The van der Waals surface area contributed by atoms with Crippen molar-refractivity contribution in [3.63, 3.8) is 0 Å². The van der Waals surface area contributed by atoms with Crippen molar-refractivity contribution in [1.82, 2.24) is 0 Å². The van der Waals surface area contributed by atoms with Crippen molar-refractivity contribution in [1.29, 1.82) is 0 Å². The fourth-order valence-corrected chi connectivity index (χ4v) is 3.22. The Balaban J connectivity index is 2.11. The van der Waals surface area contributed by atoms with E-state index in [9.17, 15) is 14.7 Å². The first kappa shape index (κ1) is 19.1. The first-order chi connectivity index (χ1) is 13.3. The summed E-state index contributed by atoms with van der Waals surface area (Å²) >= 11 is 0. The standard InChI is InChI=1S/C20H20N2O6/c1-26-14-9-11(4-5-13(14)23)18-17(20(22)25)12-7-10(3-6-16(21)24)8-15(27-2)19(12)28-18/h3-9,17-18,23H,1-2H3,(H2,21,24)(H2,22,25)/b6-3+. The van der Waals surface area contributed by atoms with Crippen molar-refractivity contribution in [2.75, 3.05) is 14.2 Å². The van der Waals surface area contributed by atoms with E-state index in [1.54, 1.807) is 24.3 Å². The van der Waals surface area contributed by atoms with Crippen molar-refractivity contribution >= 4 is 17.9 Å². The van der Waals surface area contributed by atoms with Crippen LogP contribution in [0.15, 0.2) is 36.4 Å². The second-order valence-corrected chi connectivity index (χ2v) is 6.23. The normalized spacial score (nSPS) is 17.8. The number of fused-ring (bicyclic) bond motifs is 1. The van der Waals surface area contributed by atoms with E-state index in [1.807, 2.05) is 0 Å². The topological polar surface area (TPSA) is 134 Å². The number of rotatable bonds is 6. The maximum Gasteiger partial charge on any atom is 0.241 e. The molecule has 2 aromatic carbocycles. The SMILES string of the molecule is COc1cc(C2Oc3c(OC)cc(/C=C/C(N)=O)cc3C2C(N)=O)ccc1O. The molecule has 0 saturated carbocycles. The van der Waals surface area contributed by atoms with Gasteiger partial charge in [-0.15, -0.1) is 0 Å². The summed E-state index contributed by atoms with van der Waals surface area (Å²) in [6.07, 6.45) is 1.99. The molecule has 3 rings (SSSR count). The minimum Gasteiger partial charge on any atom is -0.504 e. The Bertz CT molecular complexity index is 969. The third-order valence-corrected chi connectivity index (χ3v) is 4.49. The smallest absolute Gasteiger partial charge is 0.241 e. The number of carbonyl (C=O) groups excluding carboxylic acids is 2. The molecule has 28 heavy (non-hydrogen) atoms. The van der Waals surface area contributed by atoms with E-state index in [4.69, 9.17) is 25.7 Å². The lowest BCUT2D eigenvalue weighted by Crippen LogP contribution is -2.25. The van der Waals surface area contributed by atoms with Gasteiger partial charge in [-0.25, -0.2) is 0 Å². The Kier molecular flexibility index (Phi) is 5.12. The molecule has 146 valence electrons. The zero-order chi connectivity index (χ0) is 20.4. The molecule has 2 aromatic rings. The zero-order valence-electron chi connectivity index (χ0n) is 15.3. The van der Waals surface area contributed by atoms with E-state index in [0.29, 0.717) is 28.2 Å². The first-order valence-corrected chi connectivity index (χ1v) is 8.38. The second kappa shape index (κ2) is 7.51. The van der Waals surface area contributed by atoms with Crippen LogP contribution in [0, 0.1) is 0 Å². The van der Waals surface area contributed by atoms with Crippen molar-refractivity contribution in [3.8, 4) is 23.0 Å². The molecule has 0 aliphatic carbocycles. The van der Waals surface area contributed by atoms with Crippen LogP contribution in [0.3, 0.4) is 0 Å². The maximum absolute atomic E-state index is 12.3. The number of phenolic OH excluding ortho intramolecular Hbond substituents is 1. The van der Waals surface area contributed by atoms with Crippen LogP contribution >= 0.6 is 0 Å². The Labute approximate surface area is 161 Å². The highest BCUT2D eigenvalue weighted by molar-refractivity contribution is 5.91. The molecule has 0 spiro atoms. The molecule has 0 bridgehead atoms. The van der Waals surface area contributed by atoms with Gasteiger partial charge in [-0.05, 0) is 41.5 Å². The summed E-state index contributed by atoms with van der Waals surface area (Å²) in [6, 6.07) is 8.03. The highest BCUT2D eigenvalue weighted by Gasteiger charge is 2.41. The van der Waals surface area contributed by atoms with Gasteiger partial charge in [0.05, 0.1) is 14.2 Å². The largest absolute Gasteiger partial charge is 0.504 e. The average Bonchev–Trinajstić information content (AvgIpc) is 3.05. The minimum absolute atomic E-state index is 0.0335. The fourth-order valence-electron chi connectivity index (χ4n) is 3.22. The number of benzene rings is 2. The predicted octanol–water partition coefficient (Wildman–Crippen LogP) is 1.61. The van der Waals surface area contributed by atoms with Gasteiger partial charge < -0.3 is 30.8 Å². The van der Waals surface area contributed by atoms with Crippen LogP contribution in [0.4, 0.5) is 0 Å². The first-order valence-electron chi connectivity index (χ1n) is 8.38. The number of hydrogen-bond donors (Lipinski definition) is 3. The van der Waals surface area contributed by atoms with E-state index in [-0.39, 0.29) is 11.5 Å². The number of carbonyl (C=O) groups is 2. The summed E-state index contributed by atoms with van der Waals surface area (Å²) < 4.78 is 16.6. The molecule has 8 heteroatoms. The molecule has 8 nitrogen and oxygen atoms in total. The number of primary amides is 2. The summed E-state index contributed by atoms with van der Waals surface area (Å²) in [5.74, 6) is -1.00. The van der Waals surface area contributed by atoms with Crippen molar-refractivity contribution < 1.29 is 28.9 Å². The molecule has 0 fully saturated rings. The van der Waals surface area contributed by atoms with E-state index < -0.39 is 23.8 Å². The van der Waals surface area contributed by atoms with E-state index in [2.05, 4.69) is 0 Å². The highest BCUT2D eigenvalue weighted by atomic mass is 16.5. The highest BCUT2D eigenvalue weighted by Crippen LogP contribution is 2.51. The quantitative estimate of drug-likeness (QED) is 0.648. The van der Waals surface area contributed by atoms with Gasteiger partial charge in [-0.3, -0.25) is 9.59 Å². The van der Waals surface area contributed by atoms with Gasteiger partial charge in [-0.2, -0.15) is 0 Å². The van der Waals surface area contributed by atoms with Gasteiger partial charge >= 0.3 is 0 Å². The van der Waals surface area contributed by atoms with Crippen LogP contribution in [0.1, 0.15) is 28.7 Å². The summed E-state index contributed by atoms with van der Waals surface area (Å²) in [6.45, 7) is 0.